The average Bonchev–Trinajstić information content (AvgIpc) is 3.68. The van der Waals surface area contributed by atoms with Gasteiger partial charge in [-0.15, -0.1) is 0 Å². The van der Waals surface area contributed by atoms with Crippen molar-refractivity contribution in [3.63, 3.8) is 0 Å². The maximum Gasteiger partial charge on any atom is 0.326 e. The number of aliphatic hydroxyl groups is 3. The molecule has 3 rings (SSSR count). The van der Waals surface area contributed by atoms with Crippen molar-refractivity contribution in [2.75, 3.05) is 19.6 Å². The van der Waals surface area contributed by atoms with Crippen molar-refractivity contribution in [3.05, 3.63) is 35.9 Å². The number of carbonyl (C=O) groups is 7. The zero-order valence-electron chi connectivity index (χ0n) is 32.6. The Hall–Kier alpha value is -5.46. The summed E-state index contributed by atoms with van der Waals surface area (Å²) in [5.41, 5.74) is 17.6. The van der Waals surface area contributed by atoms with E-state index >= 15 is 0 Å². The highest BCUT2D eigenvalue weighted by molar-refractivity contribution is 5.96. The van der Waals surface area contributed by atoms with Gasteiger partial charge in [0.2, 0.25) is 29.5 Å². The highest BCUT2D eigenvalue weighted by Gasteiger charge is 2.45. The molecule has 0 spiro atoms. The van der Waals surface area contributed by atoms with E-state index in [0.717, 1.165) is 0 Å². The number of nitrogens with two attached hydrogens (primary N) is 3. The third-order valence-corrected chi connectivity index (χ3v) is 9.72. The number of benzene rings is 1. The summed E-state index contributed by atoms with van der Waals surface area (Å²) in [6, 6.07) is 1.38. The van der Waals surface area contributed by atoms with Gasteiger partial charge in [-0.2, -0.15) is 0 Å². The lowest BCUT2D eigenvalue weighted by Crippen LogP contribution is -2.60. The lowest BCUT2D eigenvalue weighted by molar-refractivity contribution is -0.303. The van der Waals surface area contributed by atoms with E-state index in [1.54, 1.807) is 30.3 Å². The lowest BCUT2D eigenvalue weighted by atomic mass is 10.00. The minimum atomic E-state index is -1.72. The molecule has 1 aromatic carbocycles. The van der Waals surface area contributed by atoms with Gasteiger partial charge in [0, 0.05) is 19.5 Å². The van der Waals surface area contributed by atoms with Gasteiger partial charge in [-0.3, -0.25) is 33.8 Å². The topological polar surface area (TPSA) is 381 Å². The van der Waals surface area contributed by atoms with Gasteiger partial charge in [0.1, 0.15) is 48.5 Å². The molecule has 2 heterocycles. The van der Waals surface area contributed by atoms with Gasteiger partial charge in [0.05, 0.1) is 25.2 Å². The Balaban J connectivity index is 1.65. The van der Waals surface area contributed by atoms with Crippen molar-refractivity contribution in [2.45, 2.75) is 119 Å². The van der Waals surface area contributed by atoms with Crippen LogP contribution in [0.15, 0.2) is 35.3 Å². The van der Waals surface area contributed by atoms with E-state index in [0.29, 0.717) is 12.0 Å². The summed E-state index contributed by atoms with van der Waals surface area (Å²) >= 11 is 0. The number of aliphatic imine (C=N–C) groups is 1. The number of rotatable bonds is 21. The van der Waals surface area contributed by atoms with Crippen LogP contribution in [-0.2, 0) is 49.5 Å². The van der Waals surface area contributed by atoms with Crippen LogP contribution in [0.5, 0.6) is 0 Å². The van der Waals surface area contributed by atoms with Crippen molar-refractivity contribution < 1.29 is 68.6 Å². The Morgan fingerprint density at radius 2 is 1.61 bits per heavy atom. The van der Waals surface area contributed by atoms with E-state index in [-0.39, 0.29) is 44.7 Å². The smallest absolute Gasteiger partial charge is 0.326 e. The minimum Gasteiger partial charge on any atom is -0.481 e. The van der Waals surface area contributed by atoms with Gasteiger partial charge in [-0.1, -0.05) is 30.3 Å². The molecule has 0 saturated carbocycles. The van der Waals surface area contributed by atoms with Crippen LogP contribution in [0.2, 0.25) is 0 Å². The number of carboxylic acids is 2. The van der Waals surface area contributed by atoms with E-state index in [1.165, 1.54) is 18.7 Å². The fourth-order valence-electron chi connectivity index (χ4n) is 6.40. The average molecular weight is 838 g/mol. The summed E-state index contributed by atoms with van der Waals surface area (Å²) in [7, 11) is 0. The molecule has 2 saturated heterocycles. The molecule has 23 nitrogen and oxygen atoms in total. The number of guanidine groups is 1. The zero-order chi connectivity index (χ0) is 44.0. The predicted molar refractivity (Wildman–Crippen MR) is 204 cm³/mol. The molecule has 2 aliphatic heterocycles. The van der Waals surface area contributed by atoms with Crippen molar-refractivity contribution in [1.82, 2.24) is 26.2 Å². The number of hydrogen-bond acceptors (Lipinski definition) is 14. The summed E-state index contributed by atoms with van der Waals surface area (Å²) < 4.78 is 11.1. The van der Waals surface area contributed by atoms with Gasteiger partial charge in [0.15, 0.2) is 12.2 Å². The van der Waals surface area contributed by atoms with Crippen molar-refractivity contribution >= 4 is 47.4 Å². The van der Waals surface area contributed by atoms with Crippen LogP contribution in [0, 0.1) is 0 Å². The number of nitrogens with zero attached hydrogens (tertiary/aromatic N) is 2. The number of carbonyl (C=O) groups excluding carboxylic acids is 5. The second-order valence-corrected chi connectivity index (χ2v) is 14.3. The monoisotopic (exact) mass is 837 g/mol. The predicted octanol–water partition coefficient (Wildman–Crippen LogP) is -5.04. The molecule has 2 aliphatic rings. The summed E-state index contributed by atoms with van der Waals surface area (Å²) in [6.45, 7) is 2.27. The number of aliphatic hydroxyl groups excluding tert-OH is 3. The van der Waals surface area contributed by atoms with Crippen LogP contribution >= 0.6 is 0 Å². The van der Waals surface area contributed by atoms with Crippen molar-refractivity contribution in [3.8, 4) is 0 Å². The molecule has 1 aromatic rings. The third kappa shape index (κ3) is 14.4. The number of amides is 5. The largest absolute Gasteiger partial charge is 0.481 e. The van der Waals surface area contributed by atoms with Crippen LogP contribution in [0.3, 0.4) is 0 Å². The lowest BCUT2D eigenvalue weighted by Gasteiger charge is -2.40. The Morgan fingerprint density at radius 1 is 0.932 bits per heavy atom. The summed E-state index contributed by atoms with van der Waals surface area (Å²) in [5.74, 6) is -7.51. The first-order valence-corrected chi connectivity index (χ1v) is 18.9. The zero-order valence-corrected chi connectivity index (χ0v) is 32.6. The summed E-state index contributed by atoms with van der Waals surface area (Å²) in [5, 5.41) is 58.8. The molecule has 0 aromatic heterocycles. The normalized spacial score (nSPS) is 24.0. The Bertz CT molecular complexity index is 1670. The first-order chi connectivity index (χ1) is 27.8. The SMILES string of the molecule is C[C@@H]1O[C@@H](O[C@H](C)[C@H](N)C(=O)N2CCC[C@H]2C(=O)N[C@@H](CCCN=C(N)N)C(=O)NCC(=O)N[C@@H](CC(=O)O)C(=O)N[C@@H](Cc2ccccc2)C(=O)O)[C@H](O)[C@H](O)[C@H]1O. The summed E-state index contributed by atoms with van der Waals surface area (Å²) in [6.07, 6.45) is -8.39. The maximum atomic E-state index is 13.6. The number of nitrogens with one attached hydrogen (secondary N) is 4. The Labute approximate surface area is 339 Å². The first kappa shape index (κ1) is 47.9. The number of hydrogen-bond donors (Lipinski definition) is 12. The van der Waals surface area contributed by atoms with Crippen LogP contribution in [0.25, 0.3) is 0 Å². The molecule has 11 atom stereocenters. The van der Waals surface area contributed by atoms with E-state index < -0.39 is 121 Å². The molecule has 328 valence electrons. The van der Waals surface area contributed by atoms with Gasteiger partial charge >= 0.3 is 11.9 Å². The Morgan fingerprint density at radius 3 is 2.24 bits per heavy atom. The van der Waals surface area contributed by atoms with E-state index in [4.69, 9.17) is 26.7 Å². The number of ether oxygens (including phenoxy) is 2. The molecular formula is C36H55N9O14. The quantitative estimate of drug-likeness (QED) is 0.0313. The van der Waals surface area contributed by atoms with Crippen LogP contribution in [0.1, 0.15) is 51.5 Å². The van der Waals surface area contributed by atoms with Gasteiger partial charge < -0.3 is 78.4 Å². The van der Waals surface area contributed by atoms with Crippen LogP contribution < -0.4 is 38.5 Å². The molecule has 23 heteroatoms. The van der Waals surface area contributed by atoms with Crippen LogP contribution in [0.4, 0.5) is 0 Å². The van der Waals surface area contributed by atoms with Crippen LogP contribution in [-0.4, -0.2) is 165 Å². The number of likely N-dealkylation sites (tertiary alicyclic amines) is 1. The molecule has 0 radical (unpaired) electrons. The fourth-order valence-corrected chi connectivity index (χ4v) is 6.40. The van der Waals surface area contributed by atoms with Gasteiger partial charge in [-0.05, 0) is 45.1 Å². The minimum absolute atomic E-state index is 0.0499. The fraction of sp³-hybridized carbons (Fsp3) is 0.611. The molecule has 0 unspecified atom stereocenters. The number of aliphatic carboxylic acids is 2. The molecule has 59 heavy (non-hydrogen) atoms. The second kappa shape index (κ2) is 22.6. The van der Waals surface area contributed by atoms with E-state index in [1.807, 2.05) is 0 Å². The van der Waals surface area contributed by atoms with E-state index in [2.05, 4.69) is 26.3 Å². The molecular weight excluding hydrogens is 782 g/mol. The second-order valence-electron chi connectivity index (χ2n) is 14.3. The number of carboxylic acid groups (broad SMARTS) is 2. The van der Waals surface area contributed by atoms with Gasteiger partial charge in [0.25, 0.3) is 0 Å². The summed E-state index contributed by atoms with van der Waals surface area (Å²) in [4.78, 5) is 95.0. The maximum absolute atomic E-state index is 13.6. The molecule has 5 amide bonds. The molecule has 0 aliphatic carbocycles. The molecule has 15 N–H and O–H groups in total. The molecule has 0 bridgehead atoms. The van der Waals surface area contributed by atoms with Crippen molar-refractivity contribution in [1.29, 1.82) is 0 Å². The highest BCUT2D eigenvalue weighted by Crippen LogP contribution is 2.25. The third-order valence-electron chi connectivity index (χ3n) is 9.72. The standard InChI is InChI=1S/C36H55N9O14/c1-17(58-35-29(51)28(50)27(49)18(2)59-35)26(37)33(55)45-13-7-11-23(45)32(54)43-20(10-6-12-40-36(38)39)30(52)41-16-24(46)42-21(15-25(47)48)31(53)44-22(34(56)57)14-19-8-4-3-5-9-19/h3-5,8-9,17-18,20-23,26-29,35,49-51H,6-7,10-16,37H2,1-2H3,(H,41,52)(H,42,46)(H,43,54)(H,44,53)(H,47,48)(H,56,57)(H4,38,39,40)/t17-,18+,20+,21+,22+,23+,26+,27+,28-,29-,35-/m1/s1. The van der Waals surface area contributed by atoms with Gasteiger partial charge in [-0.25, -0.2) is 4.79 Å². The highest BCUT2D eigenvalue weighted by atomic mass is 16.7. The first-order valence-electron chi connectivity index (χ1n) is 18.9. The Kier molecular flexibility index (Phi) is 18.4. The molecule has 2 fully saturated rings. The van der Waals surface area contributed by atoms with E-state index in [9.17, 15) is 59.1 Å². The van der Waals surface area contributed by atoms with Crippen molar-refractivity contribution in [2.24, 2.45) is 22.2 Å².